The number of piperidine rings is 1. The molecule has 0 bridgehead atoms. The van der Waals surface area contributed by atoms with Gasteiger partial charge in [0.05, 0.1) is 16.8 Å². The van der Waals surface area contributed by atoms with Gasteiger partial charge < -0.3 is 0 Å². The molecule has 2 aliphatic rings. The Morgan fingerprint density at radius 1 is 1.18 bits per heavy atom. The van der Waals surface area contributed by atoms with Gasteiger partial charge in [0, 0.05) is 12.6 Å². The van der Waals surface area contributed by atoms with Gasteiger partial charge in [-0.05, 0) is 26.2 Å². The molecule has 0 amide bonds. The number of sulfone groups is 1. The second-order valence-electron chi connectivity index (χ2n) is 5.03. The largest absolute Gasteiger partial charge is 0.229 e. The molecule has 0 saturated carbocycles. The van der Waals surface area contributed by atoms with Crippen molar-refractivity contribution >= 4 is 19.9 Å². The third kappa shape index (κ3) is 2.66. The Labute approximate surface area is 103 Å². The van der Waals surface area contributed by atoms with Gasteiger partial charge in [-0.3, -0.25) is 0 Å². The van der Waals surface area contributed by atoms with Crippen LogP contribution in [0, 0.1) is 0 Å². The summed E-state index contributed by atoms with van der Waals surface area (Å²) in [5.74, 6) is -0.183. The Morgan fingerprint density at radius 3 is 2.41 bits per heavy atom. The third-order valence-corrected chi connectivity index (χ3v) is 8.10. The molecule has 0 N–H and O–H groups in total. The molecule has 2 atom stereocenters. The summed E-state index contributed by atoms with van der Waals surface area (Å²) in [6.07, 6.45) is 3.06. The summed E-state index contributed by atoms with van der Waals surface area (Å²) in [5.41, 5.74) is 0. The lowest BCUT2D eigenvalue weighted by molar-refractivity contribution is 0.266. The highest BCUT2D eigenvalue weighted by atomic mass is 32.2. The van der Waals surface area contributed by atoms with E-state index in [1.165, 1.54) is 4.31 Å². The van der Waals surface area contributed by atoms with E-state index in [1.807, 2.05) is 6.92 Å². The van der Waals surface area contributed by atoms with E-state index >= 15 is 0 Å². The van der Waals surface area contributed by atoms with Gasteiger partial charge in [-0.2, -0.15) is 4.31 Å². The highest BCUT2D eigenvalue weighted by Gasteiger charge is 2.42. The van der Waals surface area contributed by atoms with Crippen LogP contribution in [0.1, 0.15) is 32.6 Å². The van der Waals surface area contributed by atoms with Crippen molar-refractivity contribution in [1.29, 1.82) is 0 Å². The van der Waals surface area contributed by atoms with Crippen LogP contribution in [0.2, 0.25) is 0 Å². The van der Waals surface area contributed by atoms with E-state index in [4.69, 9.17) is 0 Å². The van der Waals surface area contributed by atoms with E-state index in [0.29, 0.717) is 6.54 Å². The second kappa shape index (κ2) is 4.51. The number of sulfonamides is 1. The molecule has 0 aliphatic carbocycles. The van der Waals surface area contributed by atoms with Crippen molar-refractivity contribution in [2.24, 2.45) is 0 Å². The minimum atomic E-state index is -3.43. The smallest absolute Gasteiger partial charge is 0.218 e. The summed E-state index contributed by atoms with van der Waals surface area (Å²) in [6.45, 7) is 2.44. The highest BCUT2D eigenvalue weighted by molar-refractivity contribution is 7.95. The first-order chi connectivity index (χ1) is 7.83. The molecule has 2 heterocycles. The molecule has 2 aliphatic heterocycles. The second-order valence-corrected chi connectivity index (χ2v) is 9.42. The summed E-state index contributed by atoms with van der Waals surface area (Å²) in [7, 11) is -6.57. The maximum Gasteiger partial charge on any atom is 0.218 e. The van der Waals surface area contributed by atoms with E-state index in [1.54, 1.807) is 0 Å². The molecule has 0 spiro atoms. The molecule has 17 heavy (non-hydrogen) atoms. The van der Waals surface area contributed by atoms with Crippen molar-refractivity contribution < 1.29 is 16.8 Å². The van der Waals surface area contributed by atoms with Crippen molar-refractivity contribution in [3.63, 3.8) is 0 Å². The van der Waals surface area contributed by atoms with Crippen molar-refractivity contribution in [2.75, 3.05) is 18.1 Å². The monoisotopic (exact) mass is 281 g/mol. The molecule has 0 unspecified atom stereocenters. The fraction of sp³-hybridized carbons (Fsp3) is 1.00. The lowest BCUT2D eigenvalue weighted by Crippen LogP contribution is -2.46. The van der Waals surface area contributed by atoms with Crippen LogP contribution in [0.3, 0.4) is 0 Å². The van der Waals surface area contributed by atoms with Gasteiger partial charge >= 0.3 is 0 Å². The van der Waals surface area contributed by atoms with Crippen molar-refractivity contribution in [2.45, 2.75) is 43.9 Å². The molecule has 0 radical (unpaired) electrons. The van der Waals surface area contributed by atoms with Gasteiger partial charge in [-0.15, -0.1) is 0 Å². The van der Waals surface area contributed by atoms with Crippen LogP contribution in [-0.4, -0.2) is 50.5 Å². The van der Waals surface area contributed by atoms with Crippen molar-refractivity contribution in [3.8, 4) is 0 Å². The number of nitrogens with zero attached hydrogens (tertiary/aromatic N) is 1. The first-order valence-corrected chi connectivity index (χ1v) is 9.36. The quantitative estimate of drug-likeness (QED) is 0.733. The van der Waals surface area contributed by atoms with Gasteiger partial charge in [0.1, 0.15) is 0 Å². The Balaban J connectivity index is 2.19. The summed E-state index contributed by atoms with van der Waals surface area (Å²) in [4.78, 5) is 0. The Kier molecular flexibility index (Phi) is 3.53. The maximum atomic E-state index is 12.3. The first kappa shape index (κ1) is 13.3. The molecule has 2 rings (SSSR count). The van der Waals surface area contributed by atoms with Gasteiger partial charge in [0.15, 0.2) is 9.84 Å². The Bertz CT molecular complexity index is 482. The molecule has 2 fully saturated rings. The maximum absolute atomic E-state index is 12.3. The van der Waals surface area contributed by atoms with Crippen LogP contribution in [0.25, 0.3) is 0 Å². The van der Waals surface area contributed by atoms with E-state index in [2.05, 4.69) is 0 Å². The topological polar surface area (TPSA) is 71.5 Å². The fourth-order valence-electron chi connectivity index (χ4n) is 2.64. The zero-order chi connectivity index (χ0) is 12.7. The molecule has 0 aromatic carbocycles. The van der Waals surface area contributed by atoms with Crippen LogP contribution in [0.5, 0.6) is 0 Å². The van der Waals surface area contributed by atoms with Gasteiger partial charge in [0.2, 0.25) is 10.0 Å². The standard InChI is InChI=1S/C10H19NO4S2/c1-9-4-2-3-6-11(9)17(14,15)10-5-7-16(12,13)8-10/h9-10H,2-8H2,1H3/t9-,10-/m0/s1. The van der Waals surface area contributed by atoms with Gasteiger partial charge in [-0.1, -0.05) is 6.42 Å². The summed E-state index contributed by atoms with van der Waals surface area (Å²) < 4.78 is 48.9. The van der Waals surface area contributed by atoms with E-state index < -0.39 is 25.1 Å². The Morgan fingerprint density at radius 2 is 1.88 bits per heavy atom. The minimum Gasteiger partial charge on any atom is -0.229 e. The average Bonchev–Trinajstić information content (AvgIpc) is 2.60. The number of hydrogen-bond acceptors (Lipinski definition) is 4. The van der Waals surface area contributed by atoms with Crippen LogP contribution in [-0.2, 0) is 19.9 Å². The number of rotatable bonds is 2. The predicted octanol–water partition coefficient (Wildman–Crippen LogP) is 0.378. The lowest BCUT2D eigenvalue weighted by Gasteiger charge is -2.34. The Hall–Kier alpha value is -0.140. The van der Waals surface area contributed by atoms with Crippen LogP contribution in [0.15, 0.2) is 0 Å². The number of hydrogen-bond donors (Lipinski definition) is 0. The van der Waals surface area contributed by atoms with E-state index in [-0.39, 0.29) is 24.0 Å². The van der Waals surface area contributed by atoms with E-state index in [9.17, 15) is 16.8 Å². The van der Waals surface area contributed by atoms with Crippen LogP contribution >= 0.6 is 0 Å². The molecule has 5 nitrogen and oxygen atoms in total. The average molecular weight is 281 g/mol. The summed E-state index contributed by atoms with van der Waals surface area (Å²) in [6, 6.07) is 0.0112. The minimum absolute atomic E-state index is 0.0112. The molecule has 0 aromatic rings. The summed E-state index contributed by atoms with van der Waals surface area (Å²) in [5, 5.41) is -0.715. The van der Waals surface area contributed by atoms with Crippen LogP contribution in [0.4, 0.5) is 0 Å². The molecular formula is C10H19NO4S2. The van der Waals surface area contributed by atoms with Crippen LogP contribution < -0.4 is 0 Å². The summed E-state index contributed by atoms with van der Waals surface area (Å²) >= 11 is 0. The van der Waals surface area contributed by atoms with Crippen molar-refractivity contribution in [3.05, 3.63) is 0 Å². The van der Waals surface area contributed by atoms with Gasteiger partial charge in [-0.25, -0.2) is 16.8 Å². The predicted molar refractivity (Wildman–Crippen MR) is 66.0 cm³/mol. The zero-order valence-electron chi connectivity index (χ0n) is 10.0. The molecule has 0 aromatic heterocycles. The zero-order valence-corrected chi connectivity index (χ0v) is 11.6. The molecular weight excluding hydrogens is 262 g/mol. The lowest BCUT2D eigenvalue weighted by atomic mass is 10.1. The molecule has 2 saturated heterocycles. The van der Waals surface area contributed by atoms with Crippen molar-refractivity contribution in [1.82, 2.24) is 4.31 Å². The third-order valence-electron chi connectivity index (χ3n) is 3.68. The van der Waals surface area contributed by atoms with Gasteiger partial charge in [0.25, 0.3) is 0 Å². The SMILES string of the molecule is C[C@H]1CCCCN1S(=O)(=O)[C@H]1CCS(=O)(=O)C1. The van der Waals surface area contributed by atoms with E-state index in [0.717, 1.165) is 19.3 Å². The normalized spacial score (nSPS) is 34.9. The first-order valence-electron chi connectivity index (χ1n) is 6.04. The fourth-order valence-corrected chi connectivity index (χ4v) is 7.43. The molecule has 100 valence electrons. The highest BCUT2D eigenvalue weighted by Crippen LogP contribution is 2.27. The molecule has 7 heteroatoms.